The number of carbonyl (C=O) groups is 6. The van der Waals surface area contributed by atoms with E-state index in [9.17, 15) is 28.8 Å². The van der Waals surface area contributed by atoms with Crippen molar-refractivity contribution >= 4 is 35.3 Å². The van der Waals surface area contributed by atoms with Crippen LogP contribution >= 0.6 is 0 Å². The number of ether oxygens (including phenoxy) is 24. The average Bonchev–Trinajstić information content (AvgIpc) is 1.64. The lowest BCUT2D eigenvalue weighted by Gasteiger charge is -2.32. The Morgan fingerprint density at radius 1 is 0.271 bits per heavy atom. The largest absolute Gasteiger partial charge is 0.378 e. The second kappa shape index (κ2) is 93.3. The van der Waals surface area contributed by atoms with Crippen molar-refractivity contribution in [1.29, 1.82) is 0 Å². The molecule has 0 aliphatic carbocycles. The van der Waals surface area contributed by atoms with Crippen molar-refractivity contribution in [2.24, 2.45) is 5.41 Å². The molecule has 0 saturated carbocycles. The highest BCUT2D eigenvalue weighted by Gasteiger charge is 2.44. The molecule has 3 amide bonds. The van der Waals surface area contributed by atoms with Crippen molar-refractivity contribution in [2.75, 3.05) is 324 Å². The second-order valence-electron chi connectivity index (χ2n) is 30.7. The van der Waals surface area contributed by atoms with E-state index in [1.165, 1.54) is 44.1 Å². The number of unbranched alkanes of at least 4 members (excludes halogenated alkanes) is 15. The summed E-state index contributed by atoms with van der Waals surface area (Å²) >= 11 is 0. The molecule has 0 aromatic heterocycles. The van der Waals surface area contributed by atoms with Gasteiger partial charge in [0.1, 0.15) is 17.0 Å². The highest BCUT2D eigenvalue weighted by atomic mass is 16.7. The predicted molar refractivity (Wildman–Crippen MR) is 484 cm³/mol. The van der Waals surface area contributed by atoms with Crippen LogP contribution < -0.4 is 5.32 Å². The normalized spacial score (nSPS) is 12.8. The lowest BCUT2D eigenvalue weighted by atomic mass is 9.72. The zero-order chi connectivity index (χ0) is 91.9. The molecule has 1 saturated heterocycles. The summed E-state index contributed by atoms with van der Waals surface area (Å²) in [6.07, 6.45) is 23.0. The van der Waals surface area contributed by atoms with Crippen LogP contribution in [0.4, 0.5) is 0 Å². The third kappa shape index (κ3) is 75.8. The number of carbonyl (C=O) groups excluding carboxylic acids is 6. The monoisotopic (exact) mass is 1840 g/mol. The van der Waals surface area contributed by atoms with Gasteiger partial charge in [-0.2, -0.15) is 0 Å². The van der Waals surface area contributed by atoms with Gasteiger partial charge in [0.2, 0.25) is 5.91 Å². The molecule has 1 fully saturated rings. The molecule has 1 N–H and O–H groups in total. The molecule has 1 unspecified atom stereocenters. The Balaban J connectivity index is 0.962. The third-order valence-electron chi connectivity index (χ3n) is 20.2. The summed E-state index contributed by atoms with van der Waals surface area (Å²) in [5.41, 5.74) is 1.26. The van der Waals surface area contributed by atoms with E-state index in [1.807, 2.05) is 36.4 Å². The van der Waals surface area contributed by atoms with Crippen molar-refractivity contribution in [3.05, 3.63) is 71.8 Å². The summed E-state index contributed by atoms with van der Waals surface area (Å²) in [6, 6.07) is 20.3. The Morgan fingerprint density at radius 3 is 0.775 bits per heavy atom. The molecule has 1 aliphatic rings. The van der Waals surface area contributed by atoms with Gasteiger partial charge in [0.15, 0.2) is 0 Å². The number of imide groups is 1. The van der Waals surface area contributed by atoms with Gasteiger partial charge in [0, 0.05) is 38.6 Å². The third-order valence-corrected chi connectivity index (χ3v) is 20.2. The first-order chi connectivity index (χ1) is 63.7. The van der Waals surface area contributed by atoms with Crippen LogP contribution in [0.3, 0.4) is 0 Å². The lowest BCUT2D eigenvalue weighted by Crippen LogP contribution is -2.47. The summed E-state index contributed by atoms with van der Waals surface area (Å²) in [4.78, 5) is 80.9. The van der Waals surface area contributed by atoms with E-state index in [4.69, 9.17) is 119 Å². The number of amides is 3. The van der Waals surface area contributed by atoms with E-state index >= 15 is 0 Å². The molecule has 129 heavy (non-hydrogen) atoms. The van der Waals surface area contributed by atoms with Gasteiger partial charge < -0.3 is 124 Å². The number of hydroxylamine groups is 2. The van der Waals surface area contributed by atoms with Crippen molar-refractivity contribution < 1.29 is 147 Å². The number of hydrogen-bond donors (Lipinski definition) is 1. The maximum atomic E-state index is 14.6. The Hall–Kier alpha value is -5.10. The van der Waals surface area contributed by atoms with Crippen LogP contribution in [0, 0.1) is 5.41 Å². The number of ketones is 2. The minimum Gasteiger partial charge on any atom is -0.378 e. The number of hydrogen-bond acceptors (Lipinski definition) is 31. The minimum atomic E-state index is -1.06. The minimum absolute atomic E-state index is 0.0495. The van der Waals surface area contributed by atoms with Crippen molar-refractivity contribution in [3.63, 3.8) is 0 Å². The molecule has 0 radical (unpaired) electrons. The molecule has 1 heterocycles. The first kappa shape index (κ1) is 118. The molecule has 1 atom stereocenters. The number of nitrogens with zero attached hydrogens (tertiary/aromatic N) is 1. The standard InChI is InChI=1S/C96H166N2O31/c1-2-3-4-5-6-8-11-14-23-37-96(91(100)33-31-89-27-20-17-21-28-89,38-24-15-12-9-7-10-13-22-29-90(99)32-30-88-25-18-16-19-26-88)95(104)97-39-41-106-43-45-108-47-49-110-51-53-112-55-57-114-59-61-116-63-65-118-67-69-120-71-73-122-75-77-124-79-81-126-83-85-128-87-86-127-84-82-125-80-78-123-76-74-121-72-70-119-68-66-117-64-62-115-60-58-113-56-54-111-52-50-109-48-46-107-44-42-105-40-36-94(103)129-98-92(101)34-35-93(98)102/h16-21,25-28H,2-15,22-24,29-87H2,1H3,(H,97,104). The molecule has 1 aliphatic heterocycles. The number of nitrogens with one attached hydrogen (secondary N) is 1. The molecule has 3 rings (SSSR count). The Morgan fingerprint density at radius 2 is 0.504 bits per heavy atom. The van der Waals surface area contributed by atoms with Crippen molar-refractivity contribution in [3.8, 4) is 0 Å². The molecular weight excluding hydrogens is 1680 g/mol. The lowest BCUT2D eigenvalue weighted by molar-refractivity contribution is -0.198. The maximum Gasteiger partial charge on any atom is 0.335 e. The van der Waals surface area contributed by atoms with Crippen LogP contribution in [0.5, 0.6) is 0 Å². The first-order valence-electron chi connectivity index (χ1n) is 48.1. The number of aryl methyl sites for hydroxylation is 2. The van der Waals surface area contributed by atoms with Gasteiger partial charge in [-0.1, -0.05) is 170 Å². The highest BCUT2D eigenvalue weighted by Crippen LogP contribution is 2.36. The molecule has 33 nitrogen and oxygen atoms in total. The Kier molecular flexibility index (Phi) is 85.4. The second-order valence-corrected chi connectivity index (χ2v) is 30.7. The molecule has 33 heteroatoms. The van der Waals surface area contributed by atoms with E-state index in [0.717, 1.165) is 82.6 Å². The fourth-order valence-corrected chi connectivity index (χ4v) is 13.0. The van der Waals surface area contributed by atoms with E-state index in [2.05, 4.69) is 36.5 Å². The predicted octanol–water partition coefficient (Wildman–Crippen LogP) is 10.7. The molecule has 746 valence electrons. The average molecular weight is 1840 g/mol. The van der Waals surface area contributed by atoms with Crippen LogP contribution in [0.2, 0.25) is 0 Å². The molecule has 0 spiro atoms. The summed E-state index contributed by atoms with van der Waals surface area (Å²) < 4.78 is 133. The van der Waals surface area contributed by atoms with Crippen LogP contribution in [-0.4, -0.2) is 364 Å². The van der Waals surface area contributed by atoms with Crippen LogP contribution in [-0.2, 0) is 160 Å². The van der Waals surface area contributed by atoms with Crippen LogP contribution in [0.15, 0.2) is 60.7 Å². The fourth-order valence-electron chi connectivity index (χ4n) is 13.0. The smallest absolute Gasteiger partial charge is 0.335 e. The van der Waals surface area contributed by atoms with Gasteiger partial charge in [-0.15, -0.1) is 5.06 Å². The van der Waals surface area contributed by atoms with Gasteiger partial charge >= 0.3 is 5.97 Å². The number of rotatable bonds is 105. The van der Waals surface area contributed by atoms with Gasteiger partial charge in [-0.05, 0) is 43.2 Å². The van der Waals surface area contributed by atoms with Crippen LogP contribution in [0.1, 0.15) is 179 Å². The number of benzene rings is 2. The van der Waals surface area contributed by atoms with Gasteiger partial charge in [0.25, 0.3) is 11.8 Å². The van der Waals surface area contributed by atoms with Crippen molar-refractivity contribution in [1.82, 2.24) is 10.4 Å². The van der Waals surface area contributed by atoms with Gasteiger partial charge in [-0.25, -0.2) is 4.79 Å². The van der Waals surface area contributed by atoms with E-state index in [0.29, 0.717) is 360 Å². The molecule has 2 aromatic carbocycles. The quantitative estimate of drug-likeness (QED) is 0.0365. The van der Waals surface area contributed by atoms with Gasteiger partial charge in [-0.3, -0.25) is 24.0 Å². The summed E-state index contributed by atoms with van der Waals surface area (Å²) in [6.45, 7) is 23.4. The van der Waals surface area contributed by atoms with Gasteiger partial charge in [0.05, 0.1) is 324 Å². The Bertz CT molecular complexity index is 2800. The molecular formula is C96H166N2O31. The zero-order valence-corrected chi connectivity index (χ0v) is 78.6. The SMILES string of the molecule is CCCCCCCCCCCC(CCCCCCCCCCC(=O)CCc1ccccc1)(C(=O)CCc1ccccc1)C(=O)NCCOCCOCCOCCOCCOCCOCCOCCOCCOCCOCCOCCOCCOCCOCCOCCOCCOCCOCCOCCOCCOCCOCCOCCOCCC(=O)ON1C(=O)CCC1=O. The molecule has 2 aromatic rings. The van der Waals surface area contributed by atoms with E-state index in [1.54, 1.807) is 0 Å². The zero-order valence-electron chi connectivity index (χ0n) is 78.6. The first-order valence-corrected chi connectivity index (χ1v) is 48.1. The van der Waals surface area contributed by atoms with Crippen LogP contribution in [0.25, 0.3) is 0 Å². The van der Waals surface area contributed by atoms with Crippen molar-refractivity contribution in [2.45, 2.75) is 180 Å². The fraction of sp³-hybridized carbons (Fsp3) is 0.812. The Labute approximate surface area is 770 Å². The topological polar surface area (TPSA) is 348 Å². The summed E-state index contributed by atoms with van der Waals surface area (Å²) in [7, 11) is 0. The highest BCUT2D eigenvalue weighted by molar-refractivity contribution is 6.06. The summed E-state index contributed by atoms with van der Waals surface area (Å²) in [5, 5.41) is 3.67. The maximum absolute atomic E-state index is 14.6. The molecule has 0 bridgehead atoms. The summed E-state index contributed by atoms with van der Waals surface area (Å²) in [5.74, 6) is -1.49. The number of Topliss-reactive ketones (excluding diaryl/α,β-unsaturated/α-hetero) is 2. The van der Waals surface area contributed by atoms with E-state index in [-0.39, 0.29) is 44.2 Å². The van der Waals surface area contributed by atoms with E-state index < -0.39 is 23.2 Å².